The van der Waals surface area contributed by atoms with Gasteiger partial charge in [0, 0.05) is 11.4 Å². The lowest BCUT2D eigenvalue weighted by Gasteiger charge is -2.31. The molecular formula is C26H26ClN3O6S. The minimum absolute atomic E-state index is 0.0255. The van der Waals surface area contributed by atoms with Crippen molar-refractivity contribution in [3.8, 4) is 16.2 Å². The lowest BCUT2D eigenvalue weighted by molar-refractivity contribution is -0.139. The number of para-hydroxylation sites is 1. The minimum atomic E-state index is -1.27. The van der Waals surface area contributed by atoms with Gasteiger partial charge in [0.15, 0.2) is 17.2 Å². The van der Waals surface area contributed by atoms with E-state index >= 15 is 0 Å². The average Bonchev–Trinajstić information content (AvgIpc) is 3.23. The molecule has 2 aromatic carbocycles. The Morgan fingerprint density at radius 1 is 1.05 bits per heavy atom. The van der Waals surface area contributed by atoms with Crippen molar-refractivity contribution in [1.29, 1.82) is 0 Å². The molecular weight excluding hydrogens is 518 g/mol. The number of ether oxygens (including phenoxy) is 1. The van der Waals surface area contributed by atoms with Crippen LogP contribution < -0.4 is 20.7 Å². The van der Waals surface area contributed by atoms with Crippen molar-refractivity contribution >= 4 is 52.2 Å². The fraction of sp³-hybridized carbons (Fsp3) is 0.269. The Labute approximate surface area is 222 Å². The van der Waals surface area contributed by atoms with Crippen molar-refractivity contribution in [3.63, 3.8) is 0 Å². The Morgan fingerprint density at radius 3 is 2.43 bits per heavy atom. The van der Waals surface area contributed by atoms with Crippen LogP contribution in [-0.2, 0) is 9.59 Å². The average molecular weight is 544 g/mol. The third-order valence-corrected chi connectivity index (χ3v) is 7.65. The second-order valence-electron chi connectivity index (χ2n) is 8.54. The number of nitrogens with one attached hydrogen (secondary N) is 3. The number of carbonyl (C=O) groups excluding carboxylic acids is 1. The SMILES string of the molecule is O=C(O)COc1c(C(=O)O)sc(-c2cccc(NC(C(=O)Nc3ccccc3)C3CCNCC3)c2)c1Cl. The van der Waals surface area contributed by atoms with Gasteiger partial charge in [-0.2, -0.15) is 0 Å². The topological polar surface area (TPSA) is 137 Å². The highest BCUT2D eigenvalue weighted by molar-refractivity contribution is 7.18. The Hall–Kier alpha value is -3.60. The monoisotopic (exact) mass is 543 g/mol. The number of hydrogen-bond donors (Lipinski definition) is 5. The van der Waals surface area contributed by atoms with Crippen LogP contribution in [0.15, 0.2) is 54.6 Å². The predicted octanol–water partition coefficient (Wildman–Crippen LogP) is 4.65. The van der Waals surface area contributed by atoms with Gasteiger partial charge in [-0.25, -0.2) is 9.59 Å². The molecule has 37 heavy (non-hydrogen) atoms. The molecule has 9 nitrogen and oxygen atoms in total. The van der Waals surface area contributed by atoms with Crippen LogP contribution >= 0.6 is 22.9 Å². The van der Waals surface area contributed by atoms with E-state index in [2.05, 4.69) is 16.0 Å². The van der Waals surface area contributed by atoms with Crippen molar-refractivity contribution in [1.82, 2.24) is 5.32 Å². The molecule has 1 fully saturated rings. The zero-order chi connectivity index (χ0) is 26.4. The predicted molar refractivity (Wildman–Crippen MR) is 143 cm³/mol. The lowest BCUT2D eigenvalue weighted by atomic mass is 9.89. The summed E-state index contributed by atoms with van der Waals surface area (Å²) in [4.78, 5) is 36.2. The van der Waals surface area contributed by atoms with E-state index < -0.39 is 24.6 Å². The standard InChI is InChI=1S/C26H26ClN3O6S/c27-20-22(36-14-19(31)32)24(26(34)35)37-23(20)16-5-4-8-18(13-16)29-21(15-9-11-28-12-10-15)25(33)30-17-6-2-1-3-7-17/h1-8,13,15,21,28-29H,9-12,14H2,(H,30,33)(H,31,32)(H,34,35). The molecule has 0 radical (unpaired) electrons. The molecule has 3 aromatic rings. The molecule has 0 spiro atoms. The first-order valence-corrected chi connectivity index (χ1v) is 12.9. The van der Waals surface area contributed by atoms with Gasteiger partial charge >= 0.3 is 11.9 Å². The van der Waals surface area contributed by atoms with E-state index in [1.165, 1.54) is 0 Å². The molecule has 1 aliphatic heterocycles. The van der Waals surface area contributed by atoms with Crippen molar-refractivity contribution in [2.75, 3.05) is 30.3 Å². The first kappa shape index (κ1) is 26.5. The maximum atomic E-state index is 13.3. The Balaban J connectivity index is 1.61. The summed E-state index contributed by atoms with van der Waals surface area (Å²) in [5.74, 6) is -2.73. The first-order chi connectivity index (χ1) is 17.8. The van der Waals surface area contributed by atoms with Crippen LogP contribution in [0.25, 0.3) is 10.4 Å². The third-order valence-electron chi connectivity index (χ3n) is 5.97. The van der Waals surface area contributed by atoms with Crippen molar-refractivity contribution in [3.05, 3.63) is 64.5 Å². The van der Waals surface area contributed by atoms with Crippen LogP contribution in [0.4, 0.5) is 11.4 Å². The van der Waals surface area contributed by atoms with E-state index in [0.29, 0.717) is 21.8 Å². The van der Waals surface area contributed by atoms with Crippen LogP contribution in [-0.4, -0.2) is 53.8 Å². The molecule has 5 N–H and O–H groups in total. The number of amides is 1. The van der Waals surface area contributed by atoms with Gasteiger partial charge in [0.05, 0.1) is 4.88 Å². The number of carbonyl (C=O) groups is 3. The molecule has 11 heteroatoms. The third kappa shape index (κ3) is 6.59. The number of benzene rings is 2. The number of rotatable bonds is 10. The minimum Gasteiger partial charge on any atom is -0.479 e. The molecule has 1 aromatic heterocycles. The van der Waals surface area contributed by atoms with Crippen LogP contribution in [0.2, 0.25) is 5.02 Å². The van der Waals surface area contributed by atoms with Gasteiger partial charge in [0.25, 0.3) is 0 Å². The van der Waals surface area contributed by atoms with Crippen molar-refractivity contribution in [2.24, 2.45) is 5.92 Å². The van der Waals surface area contributed by atoms with Crippen LogP contribution in [0.3, 0.4) is 0 Å². The van der Waals surface area contributed by atoms with E-state index in [0.717, 1.165) is 37.3 Å². The maximum Gasteiger partial charge on any atom is 0.349 e. The summed E-state index contributed by atoms with van der Waals surface area (Å²) in [6.07, 6.45) is 1.67. The molecule has 1 saturated heterocycles. The fourth-order valence-corrected chi connectivity index (χ4v) is 5.63. The summed E-state index contributed by atoms with van der Waals surface area (Å²) >= 11 is 7.35. The second-order valence-corrected chi connectivity index (χ2v) is 9.94. The molecule has 0 aliphatic carbocycles. The van der Waals surface area contributed by atoms with Gasteiger partial charge in [-0.1, -0.05) is 41.9 Å². The Kier molecular flexibility index (Phi) is 8.65. The van der Waals surface area contributed by atoms with Gasteiger partial charge in [-0.05, 0) is 61.7 Å². The number of carboxylic acid groups (broad SMARTS) is 2. The van der Waals surface area contributed by atoms with Gasteiger partial charge < -0.3 is 30.9 Å². The number of piperidine rings is 1. The molecule has 1 amide bonds. The lowest BCUT2D eigenvalue weighted by Crippen LogP contribution is -2.45. The number of anilines is 2. The molecule has 194 valence electrons. The van der Waals surface area contributed by atoms with Crippen LogP contribution in [0.5, 0.6) is 5.75 Å². The number of thiophene rings is 1. The summed E-state index contributed by atoms with van der Waals surface area (Å²) in [5.41, 5.74) is 1.99. The summed E-state index contributed by atoms with van der Waals surface area (Å²) < 4.78 is 5.18. The summed E-state index contributed by atoms with van der Waals surface area (Å²) in [5, 5.41) is 28.2. The molecule has 1 unspecified atom stereocenters. The first-order valence-electron chi connectivity index (χ1n) is 11.7. The van der Waals surface area contributed by atoms with E-state index in [4.69, 9.17) is 21.4 Å². The van der Waals surface area contributed by atoms with Gasteiger partial charge in [-0.3, -0.25) is 4.79 Å². The molecule has 1 aliphatic rings. The van der Waals surface area contributed by atoms with E-state index in [1.54, 1.807) is 18.2 Å². The summed E-state index contributed by atoms with van der Waals surface area (Å²) in [6.45, 7) is 0.930. The number of carboxylic acids is 2. The van der Waals surface area contributed by atoms with Gasteiger partial charge in [0.2, 0.25) is 5.91 Å². The van der Waals surface area contributed by atoms with Crippen LogP contribution in [0, 0.1) is 5.92 Å². The number of aromatic carboxylic acids is 1. The summed E-state index contributed by atoms with van der Waals surface area (Å²) in [6, 6.07) is 15.9. The fourth-order valence-electron chi connectivity index (χ4n) is 4.23. The van der Waals surface area contributed by atoms with Crippen molar-refractivity contribution < 1.29 is 29.3 Å². The maximum absolute atomic E-state index is 13.3. The van der Waals surface area contributed by atoms with E-state index in [9.17, 15) is 19.5 Å². The summed E-state index contributed by atoms with van der Waals surface area (Å²) in [7, 11) is 0. The Bertz CT molecular complexity index is 1280. The Morgan fingerprint density at radius 2 is 1.76 bits per heavy atom. The van der Waals surface area contributed by atoms with Gasteiger partial charge in [0.1, 0.15) is 11.1 Å². The highest BCUT2D eigenvalue weighted by Crippen LogP contribution is 2.46. The molecule has 2 heterocycles. The largest absolute Gasteiger partial charge is 0.479 e. The molecule has 4 rings (SSSR count). The highest BCUT2D eigenvalue weighted by atomic mass is 35.5. The number of hydrogen-bond acceptors (Lipinski definition) is 7. The van der Waals surface area contributed by atoms with Crippen molar-refractivity contribution in [2.45, 2.75) is 18.9 Å². The highest BCUT2D eigenvalue weighted by Gasteiger charge is 2.30. The van der Waals surface area contributed by atoms with E-state index in [-0.39, 0.29) is 27.5 Å². The second kappa shape index (κ2) is 12.1. The quantitative estimate of drug-likeness (QED) is 0.249. The van der Waals surface area contributed by atoms with Crippen LogP contribution in [0.1, 0.15) is 22.5 Å². The van der Waals surface area contributed by atoms with E-state index in [1.807, 2.05) is 36.4 Å². The molecule has 1 atom stereocenters. The smallest absolute Gasteiger partial charge is 0.349 e. The zero-order valence-electron chi connectivity index (χ0n) is 19.7. The molecule has 0 saturated carbocycles. The molecule has 0 bridgehead atoms. The number of aliphatic carboxylic acids is 1. The normalized spacial score (nSPS) is 14.5. The zero-order valence-corrected chi connectivity index (χ0v) is 21.3. The van der Waals surface area contributed by atoms with Gasteiger partial charge in [-0.15, -0.1) is 11.3 Å². The number of halogens is 1.